The summed E-state index contributed by atoms with van der Waals surface area (Å²) in [6, 6.07) is 0.823. The van der Waals surface area contributed by atoms with Gasteiger partial charge in [-0.05, 0) is 33.6 Å². The van der Waals surface area contributed by atoms with Gasteiger partial charge in [-0.15, -0.1) is 0 Å². The molecule has 1 fully saturated rings. The Kier molecular flexibility index (Phi) is 2.96. The maximum absolute atomic E-state index is 10.9. The van der Waals surface area contributed by atoms with Crippen LogP contribution in [0.4, 0.5) is 0 Å². The monoisotopic (exact) mass is 184 g/mol. The third-order valence-corrected chi connectivity index (χ3v) is 2.44. The van der Waals surface area contributed by atoms with Gasteiger partial charge >= 0.3 is 0 Å². The Balaban J connectivity index is 2.52. The molecule has 2 atom stereocenters. The number of piperidine rings is 1. The van der Waals surface area contributed by atoms with E-state index in [0.29, 0.717) is 12.1 Å². The molecule has 1 heterocycles. The van der Waals surface area contributed by atoms with Crippen LogP contribution in [0.25, 0.3) is 0 Å². The van der Waals surface area contributed by atoms with Crippen molar-refractivity contribution in [1.82, 2.24) is 10.6 Å². The first kappa shape index (κ1) is 10.5. The molecule has 0 aromatic rings. The zero-order valence-electron chi connectivity index (χ0n) is 8.98. The Hall–Kier alpha value is -0.570. The second-order valence-electron chi connectivity index (χ2n) is 4.77. The van der Waals surface area contributed by atoms with Crippen LogP contribution in [0.3, 0.4) is 0 Å². The molecule has 0 spiro atoms. The topological polar surface area (TPSA) is 41.1 Å². The minimum absolute atomic E-state index is 0.0786. The summed E-state index contributed by atoms with van der Waals surface area (Å²) in [6.45, 7) is 8.10. The van der Waals surface area contributed by atoms with Gasteiger partial charge in [-0.25, -0.2) is 0 Å². The van der Waals surface area contributed by atoms with E-state index >= 15 is 0 Å². The van der Waals surface area contributed by atoms with Crippen LogP contribution < -0.4 is 10.6 Å². The lowest BCUT2D eigenvalue weighted by atomic mass is 9.86. The zero-order valence-corrected chi connectivity index (χ0v) is 8.98. The molecule has 3 nitrogen and oxygen atoms in total. The molecule has 0 aliphatic carbocycles. The summed E-state index contributed by atoms with van der Waals surface area (Å²) in [6.07, 6.45) is 2.04. The third kappa shape index (κ3) is 3.35. The number of hydrogen-bond acceptors (Lipinski definition) is 2. The van der Waals surface area contributed by atoms with Crippen molar-refractivity contribution < 1.29 is 4.79 Å². The quantitative estimate of drug-likeness (QED) is 0.639. The van der Waals surface area contributed by atoms with Crippen LogP contribution in [0.15, 0.2) is 0 Å². The highest BCUT2D eigenvalue weighted by Gasteiger charge is 2.31. The van der Waals surface area contributed by atoms with Gasteiger partial charge in [0.15, 0.2) is 0 Å². The van der Waals surface area contributed by atoms with Crippen LogP contribution in [0.2, 0.25) is 0 Å². The van der Waals surface area contributed by atoms with Gasteiger partial charge in [0.2, 0.25) is 5.91 Å². The Morgan fingerprint density at radius 3 is 2.62 bits per heavy atom. The summed E-state index contributed by atoms with van der Waals surface area (Å²) in [5.74, 6) is 0.0786. The molecule has 2 unspecified atom stereocenters. The average molecular weight is 184 g/mol. The van der Waals surface area contributed by atoms with E-state index in [0.717, 1.165) is 12.8 Å². The summed E-state index contributed by atoms with van der Waals surface area (Å²) < 4.78 is 0. The van der Waals surface area contributed by atoms with Crippen LogP contribution in [-0.4, -0.2) is 23.5 Å². The lowest BCUT2D eigenvalue weighted by Gasteiger charge is -2.40. The molecule has 0 bridgehead atoms. The van der Waals surface area contributed by atoms with Crippen LogP contribution in [0.5, 0.6) is 0 Å². The fraction of sp³-hybridized carbons (Fsp3) is 0.900. The molecular formula is C10H20N2O. The van der Waals surface area contributed by atoms with E-state index in [1.807, 2.05) is 0 Å². The van der Waals surface area contributed by atoms with Gasteiger partial charge in [0.25, 0.3) is 0 Å². The molecule has 2 N–H and O–H groups in total. The molecule has 0 radical (unpaired) electrons. The number of carbonyl (C=O) groups is 1. The van der Waals surface area contributed by atoms with Gasteiger partial charge in [0.05, 0.1) is 0 Å². The van der Waals surface area contributed by atoms with Crippen LogP contribution in [0, 0.1) is 0 Å². The lowest BCUT2D eigenvalue weighted by molar-refractivity contribution is -0.120. The number of nitrogens with one attached hydrogen (secondary N) is 2. The van der Waals surface area contributed by atoms with Crippen LogP contribution in [-0.2, 0) is 4.79 Å². The van der Waals surface area contributed by atoms with Crippen molar-refractivity contribution in [3.05, 3.63) is 0 Å². The molecule has 3 heteroatoms. The molecule has 0 aromatic carbocycles. The molecular weight excluding hydrogens is 164 g/mol. The van der Waals surface area contributed by atoms with Crippen molar-refractivity contribution >= 4 is 5.91 Å². The molecule has 13 heavy (non-hydrogen) atoms. The standard InChI is InChI=1S/C10H20N2O/c1-7-5-9(11-8(2)13)6-10(3,4)12-7/h7,9,12H,5-6H2,1-4H3,(H,11,13). The summed E-state index contributed by atoms with van der Waals surface area (Å²) in [7, 11) is 0. The van der Waals surface area contributed by atoms with Crippen molar-refractivity contribution in [3.8, 4) is 0 Å². The van der Waals surface area contributed by atoms with Gasteiger partial charge in [-0.1, -0.05) is 0 Å². The predicted octanol–water partition coefficient (Wildman–Crippen LogP) is 1.04. The zero-order chi connectivity index (χ0) is 10.1. The van der Waals surface area contributed by atoms with E-state index in [-0.39, 0.29) is 11.4 Å². The van der Waals surface area contributed by atoms with E-state index < -0.39 is 0 Å². The fourth-order valence-electron chi connectivity index (χ4n) is 2.31. The van der Waals surface area contributed by atoms with Crippen molar-refractivity contribution in [2.75, 3.05) is 0 Å². The van der Waals surface area contributed by atoms with Crippen LogP contribution in [0.1, 0.15) is 40.5 Å². The van der Waals surface area contributed by atoms with Gasteiger partial charge in [-0.2, -0.15) is 0 Å². The lowest BCUT2D eigenvalue weighted by Crippen LogP contribution is -2.56. The van der Waals surface area contributed by atoms with Crippen molar-refractivity contribution in [1.29, 1.82) is 0 Å². The first-order chi connectivity index (χ1) is 5.89. The number of hydrogen-bond donors (Lipinski definition) is 2. The van der Waals surface area contributed by atoms with Gasteiger partial charge in [0, 0.05) is 24.5 Å². The van der Waals surface area contributed by atoms with Crippen molar-refractivity contribution in [3.63, 3.8) is 0 Å². The molecule has 1 saturated heterocycles. The highest BCUT2D eigenvalue weighted by atomic mass is 16.1. The first-order valence-corrected chi connectivity index (χ1v) is 4.94. The van der Waals surface area contributed by atoms with Crippen molar-refractivity contribution in [2.45, 2.75) is 58.2 Å². The Morgan fingerprint density at radius 2 is 2.15 bits per heavy atom. The highest BCUT2D eigenvalue weighted by molar-refractivity contribution is 5.73. The largest absolute Gasteiger partial charge is 0.353 e. The molecule has 0 aromatic heterocycles. The maximum Gasteiger partial charge on any atom is 0.217 e. The minimum Gasteiger partial charge on any atom is -0.353 e. The smallest absolute Gasteiger partial charge is 0.217 e. The molecule has 76 valence electrons. The van der Waals surface area contributed by atoms with Gasteiger partial charge in [-0.3, -0.25) is 4.79 Å². The van der Waals surface area contributed by atoms with Gasteiger partial charge in [0.1, 0.15) is 0 Å². The summed E-state index contributed by atoms with van der Waals surface area (Å²) >= 11 is 0. The Bertz CT molecular complexity index is 201. The highest BCUT2D eigenvalue weighted by Crippen LogP contribution is 2.21. The second kappa shape index (κ2) is 3.66. The molecule has 1 amide bonds. The van der Waals surface area contributed by atoms with Gasteiger partial charge < -0.3 is 10.6 Å². The van der Waals surface area contributed by atoms with Crippen LogP contribution >= 0.6 is 0 Å². The van der Waals surface area contributed by atoms with E-state index in [4.69, 9.17) is 0 Å². The SMILES string of the molecule is CC(=O)NC1CC(C)NC(C)(C)C1. The van der Waals surface area contributed by atoms with E-state index in [2.05, 4.69) is 31.4 Å². The Morgan fingerprint density at radius 1 is 1.54 bits per heavy atom. The van der Waals surface area contributed by atoms with Crippen molar-refractivity contribution in [2.24, 2.45) is 0 Å². The number of rotatable bonds is 1. The van der Waals surface area contributed by atoms with E-state index in [1.54, 1.807) is 6.92 Å². The summed E-state index contributed by atoms with van der Waals surface area (Å²) in [5, 5.41) is 6.50. The first-order valence-electron chi connectivity index (χ1n) is 4.94. The maximum atomic E-state index is 10.9. The average Bonchev–Trinajstić information content (AvgIpc) is 1.78. The molecule has 1 rings (SSSR count). The molecule has 0 saturated carbocycles. The number of amides is 1. The molecule has 1 aliphatic heterocycles. The summed E-state index contributed by atoms with van der Waals surface area (Å²) in [4.78, 5) is 10.9. The Labute approximate surface area is 80.3 Å². The third-order valence-electron chi connectivity index (χ3n) is 2.44. The minimum atomic E-state index is 0.0786. The molecule has 1 aliphatic rings. The normalized spacial score (nSPS) is 32.6. The second-order valence-corrected chi connectivity index (χ2v) is 4.77. The fourth-order valence-corrected chi connectivity index (χ4v) is 2.31. The van der Waals surface area contributed by atoms with E-state index in [9.17, 15) is 4.79 Å². The predicted molar refractivity (Wildman–Crippen MR) is 53.5 cm³/mol. The van der Waals surface area contributed by atoms with E-state index in [1.165, 1.54) is 0 Å². The number of carbonyl (C=O) groups excluding carboxylic acids is 1. The summed E-state index contributed by atoms with van der Waals surface area (Å²) in [5.41, 5.74) is 0.144.